The first-order valence-corrected chi connectivity index (χ1v) is 9.05. The Morgan fingerprint density at radius 3 is 2.47 bits per heavy atom. The fourth-order valence-corrected chi connectivity index (χ4v) is 2.54. The summed E-state index contributed by atoms with van der Waals surface area (Å²) in [6, 6.07) is 10.0. The number of hydrogen-bond acceptors (Lipinski definition) is 8. The molecule has 0 saturated heterocycles. The average molecular weight is 442 g/mol. The monoisotopic (exact) mass is 442 g/mol. The van der Waals surface area contributed by atoms with E-state index in [1.54, 1.807) is 30.7 Å². The quantitative estimate of drug-likeness (QED) is 0.485. The van der Waals surface area contributed by atoms with Crippen molar-refractivity contribution >= 4 is 11.8 Å². The molecule has 0 radical (unpaired) electrons. The Morgan fingerprint density at radius 2 is 1.84 bits per heavy atom. The summed E-state index contributed by atoms with van der Waals surface area (Å²) < 4.78 is 46.9. The molecule has 0 aromatic carbocycles. The maximum absolute atomic E-state index is 12.5. The standard InChI is InChI=1S/C20H13F3N6O3/c21-20(22,23)18-28-17(29-32-18)16-6-4-14(10-26-16)27-19(30)31-11-12-3-5-15(25-8-12)13-2-1-7-24-9-13/h1-10H,11H2,(H,27,30). The topological polar surface area (TPSA) is 116 Å². The third kappa shape index (κ3) is 5.03. The third-order valence-electron chi connectivity index (χ3n) is 4.06. The highest BCUT2D eigenvalue weighted by atomic mass is 19.4. The van der Waals surface area contributed by atoms with Gasteiger partial charge in [-0.25, -0.2) is 4.79 Å². The number of hydrogen-bond donors (Lipinski definition) is 1. The van der Waals surface area contributed by atoms with Crippen LogP contribution < -0.4 is 5.32 Å². The van der Waals surface area contributed by atoms with E-state index in [0.29, 0.717) is 5.56 Å². The van der Waals surface area contributed by atoms with E-state index >= 15 is 0 Å². The summed E-state index contributed by atoms with van der Waals surface area (Å²) in [6.07, 6.45) is 0.693. The molecule has 32 heavy (non-hydrogen) atoms. The molecule has 4 aromatic heterocycles. The van der Waals surface area contributed by atoms with Crippen LogP contribution >= 0.6 is 0 Å². The first-order valence-electron chi connectivity index (χ1n) is 9.05. The van der Waals surface area contributed by atoms with Gasteiger partial charge in [-0.3, -0.25) is 20.3 Å². The van der Waals surface area contributed by atoms with E-state index in [0.717, 1.165) is 11.3 Å². The molecule has 4 heterocycles. The lowest BCUT2D eigenvalue weighted by molar-refractivity contribution is -0.159. The second-order valence-electron chi connectivity index (χ2n) is 6.35. The zero-order valence-electron chi connectivity index (χ0n) is 16.1. The zero-order valence-corrected chi connectivity index (χ0v) is 16.1. The Balaban J connectivity index is 1.31. The van der Waals surface area contributed by atoms with Crippen molar-refractivity contribution in [3.05, 3.63) is 72.6 Å². The van der Waals surface area contributed by atoms with E-state index in [-0.39, 0.29) is 23.8 Å². The Hall–Kier alpha value is -4.35. The van der Waals surface area contributed by atoms with Gasteiger partial charge in [-0.1, -0.05) is 11.2 Å². The van der Waals surface area contributed by atoms with Gasteiger partial charge in [-0.05, 0) is 30.3 Å². The van der Waals surface area contributed by atoms with Crippen molar-refractivity contribution < 1.29 is 27.2 Å². The van der Waals surface area contributed by atoms with Crippen LogP contribution in [0.5, 0.6) is 0 Å². The second-order valence-corrected chi connectivity index (χ2v) is 6.35. The smallest absolute Gasteiger partial charge is 0.444 e. The van der Waals surface area contributed by atoms with Crippen LogP contribution in [0, 0.1) is 0 Å². The van der Waals surface area contributed by atoms with Crippen LogP contribution in [0.3, 0.4) is 0 Å². The molecule has 9 nitrogen and oxygen atoms in total. The molecule has 0 aliphatic heterocycles. The van der Waals surface area contributed by atoms with E-state index in [4.69, 9.17) is 4.74 Å². The lowest BCUT2D eigenvalue weighted by Gasteiger charge is -2.07. The number of anilines is 1. The summed E-state index contributed by atoms with van der Waals surface area (Å²) in [4.78, 5) is 27.5. The Bertz CT molecular complexity index is 1200. The number of halogens is 3. The van der Waals surface area contributed by atoms with Gasteiger partial charge in [-0.2, -0.15) is 18.2 Å². The van der Waals surface area contributed by atoms with Gasteiger partial charge in [0.2, 0.25) is 5.82 Å². The van der Waals surface area contributed by atoms with E-state index in [1.807, 2.05) is 12.1 Å². The van der Waals surface area contributed by atoms with Crippen molar-refractivity contribution in [2.45, 2.75) is 12.8 Å². The van der Waals surface area contributed by atoms with Crippen LogP contribution in [-0.4, -0.2) is 31.2 Å². The molecule has 0 aliphatic carbocycles. The number of alkyl halides is 3. The van der Waals surface area contributed by atoms with Crippen LogP contribution in [0.1, 0.15) is 11.5 Å². The largest absolute Gasteiger partial charge is 0.471 e. The van der Waals surface area contributed by atoms with Crippen molar-refractivity contribution in [3.63, 3.8) is 0 Å². The highest BCUT2D eigenvalue weighted by Crippen LogP contribution is 2.29. The zero-order chi connectivity index (χ0) is 22.6. The normalized spacial score (nSPS) is 11.2. The van der Waals surface area contributed by atoms with Crippen molar-refractivity contribution in [1.82, 2.24) is 25.1 Å². The molecule has 0 saturated carbocycles. The predicted octanol–water partition coefficient (Wildman–Crippen LogP) is 4.36. The molecule has 0 bridgehead atoms. The summed E-state index contributed by atoms with van der Waals surface area (Å²) in [7, 11) is 0. The Morgan fingerprint density at radius 1 is 1.03 bits per heavy atom. The predicted molar refractivity (Wildman–Crippen MR) is 104 cm³/mol. The summed E-state index contributed by atoms with van der Waals surface area (Å²) in [5.74, 6) is -1.79. The highest BCUT2D eigenvalue weighted by molar-refractivity contribution is 5.84. The van der Waals surface area contributed by atoms with Gasteiger partial charge in [0.15, 0.2) is 0 Å². The molecular weight excluding hydrogens is 429 g/mol. The van der Waals surface area contributed by atoms with E-state index in [9.17, 15) is 18.0 Å². The number of rotatable bonds is 5. The number of nitrogens with zero attached hydrogens (tertiary/aromatic N) is 5. The number of pyridine rings is 3. The van der Waals surface area contributed by atoms with E-state index in [1.165, 1.54) is 18.3 Å². The Kier molecular flexibility index (Phi) is 5.75. The fourth-order valence-electron chi connectivity index (χ4n) is 2.54. The number of amides is 1. The first kappa shape index (κ1) is 20.9. The molecule has 0 spiro atoms. The van der Waals surface area contributed by atoms with Gasteiger partial charge in [-0.15, -0.1) is 0 Å². The van der Waals surface area contributed by atoms with Gasteiger partial charge in [0.25, 0.3) is 0 Å². The molecule has 0 aliphatic rings. The molecule has 0 atom stereocenters. The van der Waals surface area contributed by atoms with E-state index < -0.39 is 18.2 Å². The molecule has 4 aromatic rings. The minimum atomic E-state index is -4.74. The number of carbonyl (C=O) groups is 1. The average Bonchev–Trinajstić information content (AvgIpc) is 3.30. The van der Waals surface area contributed by atoms with Crippen molar-refractivity contribution in [2.75, 3.05) is 5.32 Å². The lowest BCUT2D eigenvalue weighted by atomic mass is 10.2. The maximum Gasteiger partial charge on any atom is 0.471 e. The molecule has 0 unspecified atom stereocenters. The lowest BCUT2D eigenvalue weighted by Crippen LogP contribution is -2.13. The van der Waals surface area contributed by atoms with E-state index in [2.05, 4.69) is 34.9 Å². The first-order chi connectivity index (χ1) is 15.4. The van der Waals surface area contributed by atoms with Gasteiger partial charge >= 0.3 is 18.2 Å². The van der Waals surface area contributed by atoms with Crippen LogP contribution in [-0.2, 0) is 17.5 Å². The van der Waals surface area contributed by atoms with Crippen molar-refractivity contribution in [3.8, 4) is 22.8 Å². The van der Waals surface area contributed by atoms with Gasteiger partial charge in [0, 0.05) is 29.7 Å². The molecule has 162 valence electrons. The van der Waals surface area contributed by atoms with Crippen LogP contribution in [0.4, 0.5) is 23.7 Å². The van der Waals surface area contributed by atoms with Crippen LogP contribution in [0.15, 0.2) is 65.7 Å². The number of nitrogens with one attached hydrogen (secondary N) is 1. The molecular formula is C20H13F3N6O3. The number of carbonyl (C=O) groups excluding carboxylic acids is 1. The SMILES string of the molecule is O=C(Nc1ccc(-c2noc(C(F)(F)F)n2)nc1)OCc1ccc(-c2cccnc2)nc1. The summed E-state index contributed by atoms with van der Waals surface area (Å²) >= 11 is 0. The second kappa shape index (κ2) is 8.79. The molecule has 1 N–H and O–H groups in total. The summed E-state index contributed by atoms with van der Waals surface area (Å²) in [6.45, 7) is -0.0132. The number of aromatic nitrogens is 5. The summed E-state index contributed by atoms with van der Waals surface area (Å²) in [5, 5.41) is 5.70. The van der Waals surface area contributed by atoms with Gasteiger partial charge < -0.3 is 9.26 Å². The minimum absolute atomic E-state index is 0.0132. The molecule has 12 heteroatoms. The molecule has 4 rings (SSSR count). The minimum Gasteiger partial charge on any atom is -0.444 e. The highest BCUT2D eigenvalue weighted by Gasteiger charge is 2.38. The number of ether oxygens (including phenoxy) is 1. The third-order valence-corrected chi connectivity index (χ3v) is 4.06. The fraction of sp³-hybridized carbons (Fsp3) is 0.100. The van der Waals surface area contributed by atoms with Crippen molar-refractivity contribution in [1.29, 1.82) is 0 Å². The maximum atomic E-state index is 12.5. The van der Waals surface area contributed by atoms with Gasteiger partial charge in [0.1, 0.15) is 12.3 Å². The molecule has 0 fully saturated rings. The van der Waals surface area contributed by atoms with Gasteiger partial charge in [0.05, 0.1) is 17.6 Å². The summed E-state index contributed by atoms with van der Waals surface area (Å²) in [5.41, 5.74) is 2.59. The van der Waals surface area contributed by atoms with Crippen molar-refractivity contribution in [2.24, 2.45) is 0 Å². The Labute approximate surface area is 178 Å². The molecule has 1 amide bonds. The van der Waals surface area contributed by atoms with Crippen LogP contribution in [0.25, 0.3) is 22.8 Å². The van der Waals surface area contributed by atoms with Crippen LogP contribution in [0.2, 0.25) is 0 Å².